The summed E-state index contributed by atoms with van der Waals surface area (Å²) in [7, 11) is 0. The Kier molecular flexibility index (Phi) is 2.16. The van der Waals surface area contributed by atoms with Crippen LogP contribution in [0.25, 0.3) is 0 Å². The third-order valence-corrected chi connectivity index (χ3v) is 2.04. The number of rotatable bonds is 2. The fourth-order valence-electron chi connectivity index (χ4n) is 1.10. The molecule has 1 saturated carbocycles. The summed E-state index contributed by atoms with van der Waals surface area (Å²) in [4.78, 5) is 11.1. The van der Waals surface area contributed by atoms with Crippen LogP contribution in [0.15, 0.2) is 16.9 Å². The molecule has 1 aromatic rings. The van der Waals surface area contributed by atoms with Gasteiger partial charge in [0.1, 0.15) is 6.26 Å². The van der Waals surface area contributed by atoms with Gasteiger partial charge in [-0.2, -0.15) is 0 Å². The van der Waals surface area contributed by atoms with E-state index in [0.29, 0.717) is 0 Å². The van der Waals surface area contributed by atoms with Gasteiger partial charge in [-0.15, -0.1) is 0 Å². The molecule has 1 aliphatic rings. The lowest BCUT2D eigenvalue weighted by Gasteiger charge is -2.25. The molecular weight excluding hydrogens is 172 g/mol. The first-order chi connectivity index (χ1) is 6.34. The lowest BCUT2D eigenvalue weighted by atomic mass is 9.93. The summed E-state index contributed by atoms with van der Waals surface area (Å²) in [6.07, 6.45) is 4.14. The predicted octanol–water partition coefficient (Wildman–Crippen LogP) is 1.32. The number of hydrogen-bond acceptors (Lipinski definition) is 4. The fraction of sp³-hybridized carbons (Fsp3) is 0.500. The summed E-state index contributed by atoms with van der Waals surface area (Å²) >= 11 is 0. The SMILES string of the molecule is O=C(NC1CCC1)Oc1ccon1. The molecular formula is C8H10N2O3. The molecule has 0 aliphatic heterocycles. The Morgan fingerprint density at radius 2 is 2.54 bits per heavy atom. The number of hydrogen-bond donors (Lipinski definition) is 1. The van der Waals surface area contributed by atoms with E-state index in [-0.39, 0.29) is 11.9 Å². The van der Waals surface area contributed by atoms with Crippen LogP contribution in [-0.2, 0) is 0 Å². The van der Waals surface area contributed by atoms with Gasteiger partial charge in [0.2, 0.25) is 0 Å². The molecule has 0 radical (unpaired) electrons. The molecule has 1 fully saturated rings. The van der Waals surface area contributed by atoms with Crippen molar-refractivity contribution in [1.29, 1.82) is 0 Å². The van der Waals surface area contributed by atoms with E-state index < -0.39 is 6.09 Å². The number of amides is 1. The van der Waals surface area contributed by atoms with Crippen molar-refractivity contribution in [3.05, 3.63) is 12.3 Å². The molecule has 1 heterocycles. The van der Waals surface area contributed by atoms with Crippen LogP contribution in [0.5, 0.6) is 5.88 Å². The lowest BCUT2D eigenvalue weighted by molar-refractivity contribution is 0.183. The number of nitrogens with one attached hydrogen (secondary N) is 1. The average molecular weight is 182 g/mol. The van der Waals surface area contributed by atoms with Gasteiger partial charge in [0.15, 0.2) is 0 Å². The van der Waals surface area contributed by atoms with Crippen LogP contribution in [-0.4, -0.2) is 17.3 Å². The molecule has 1 N–H and O–H groups in total. The topological polar surface area (TPSA) is 64.4 Å². The van der Waals surface area contributed by atoms with Crippen LogP contribution < -0.4 is 10.1 Å². The van der Waals surface area contributed by atoms with E-state index in [1.165, 1.54) is 18.8 Å². The van der Waals surface area contributed by atoms with Crippen LogP contribution in [0.1, 0.15) is 19.3 Å². The van der Waals surface area contributed by atoms with Crippen molar-refractivity contribution in [3.63, 3.8) is 0 Å². The zero-order chi connectivity index (χ0) is 9.10. The van der Waals surface area contributed by atoms with Crippen molar-refractivity contribution >= 4 is 6.09 Å². The smallest absolute Gasteiger partial charge is 0.388 e. The van der Waals surface area contributed by atoms with E-state index in [0.717, 1.165) is 12.8 Å². The first kappa shape index (κ1) is 8.10. The van der Waals surface area contributed by atoms with Gasteiger partial charge in [0.25, 0.3) is 5.88 Å². The highest BCUT2D eigenvalue weighted by Crippen LogP contribution is 2.18. The summed E-state index contributed by atoms with van der Waals surface area (Å²) < 4.78 is 9.31. The van der Waals surface area contributed by atoms with Gasteiger partial charge in [-0.1, -0.05) is 0 Å². The summed E-state index contributed by atoms with van der Waals surface area (Å²) in [6, 6.07) is 1.76. The van der Waals surface area contributed by atoms with E-state index >= 15 is 0 Å². The second-order valence-corrected chi connectivity index (χ2v) is 3.00. The maximum absolute atomic E-state index is 11.1. The van der Waals surface area contributed by atoms with Crippen LogP contribution in [0, 0.1) is 0 Å². The van der Waals surface area contributed by atoms with E-state index in [1.54, 1.807) is 0 Å². The zero-order valence-corrected chi connectivity index (χ0v) is 7.03. The fourth-order valence-corrected chi connectivity index (χ4v) is 1.10. The molecule has 13 heavy (non-hydrogen) atoms. The number of aromatic nitrogens is 1. The Labute approximate surface area is 75.0 Å². The Hall–Kier alpha value is -1.52. The van der Waals surface area contributed by atoms with Gasteiger partial charge in [0.05, 0.1) is 0 Å². The average Bonchev–Trinajstić information content (AvgIpc) is 2.49. The molecule has 0 bridgehead atoms. The summed E-state index contributed by atoms with van der Waals surface area (Å²) in [6.45, 7) is 0. The molecule has 0 unspecified atom stereocenters. The Morgan fingerprint density at radius 3 is 3.08 bits per heavy atom. The number of carbonyl (C=O) groups excluding carboxylic acids is 1. The molecule has 0 atom stereocenters. The number of carbonyl (C=O) groups is 1. The maximum Gasteiger partial charge on any atom is 0.414 e. The molecule has 5 nitrogen and oxygen atoms in total. The van der Waals surface area contributed by atoms with Crippen molar-refractivity contribution in [1.82, 2.24) is 10.5 Å². The second-order valence-electron chi connectivity index (χ2n) is 3.00. The minimum atomic E-state index is -0.460. The number of nitrogens with zero attached hydrogens (tertiary/aromatic N) is 1. The molecule has 0 saturated heterocycles. The standard InChI is InChI=1S/C8H10N2O3/c11-8(9-6-2-1-3-6)13-7-4-5-12-10-7/h4-6H,1-3H2,(H,9,11). The molecule has 0 spiro atoms. The van der Waals surface area contributed by atoms with Crippen molar-refractivity contribution in [2.24, 2.45) is 0 Å². The van der Waals surface area contributed by atoms with E-state index in [9.17, 15) is 4.79 Å². The molecule has 0 aromatic carbocycles. The van der Waals surface area contributed by atoms with Crippen LogP contribution in [0.2, 0.25) is 0 Å². The normalized spacial score (nSPS) is 16.3. The minimum Gasteiger partial charge on any atom is -0.388 e. The molecule has 5 heteroatoms. The van der Waals surface area contributed by atoms with Gasteiger partial charge >= 0.3 is 6.09 Å². The summed E-state index contributed by atoms with van der Waals surface area (Å²) in [5.74, 6) is 0.192. The Bertz CT molecular complexity index is 280. The van der Waals surface area contributed by atoms with Crippen molar-refractivity contribution in [2.45, 2.75) is 25.3 Å². The van der Waals surface area contributed by atoms with Gasteiger partial charge in [-0.25, -0.2) is 4.79 Å². The minimum absolute atomic E-state index is 0.192. The third kappa shape index (κ3) is 1.99. The highest BCUT2D eigenvalue weighted by Gasteiger charge is 2.20. The Balaban J connectivity index is 1.78. The van der Waals surface area contributed by atoms with Gasteiger partial charge < -0.3 is 14.6 Å². The molecule has 1 amide bonds. The third-order valence-electron chi connectivity index (χ3n) is 2.04. The van der Waals surface area contributed by atoms with Crippen molar-refractivity contribution in [3.8, 4) is 5.88 Å². The van der Waals surface area contributed by atoms with Crippen LogP contribution >= 0.6 is 0 Å². The predicted molar refractivity (Wildman–Crippen MR) is 43.3 cm³/mol. The molecule has 1 aromatic heterocycles. The highest BCUT2D eigenvalue weighted by molar-refractivity contribution is 5.70. The maximum atomic E-state index is 11.1. The molecule has 70 valence electrons. The Morgan fingerprint density at radius 1 is 1.69 bits per heavy atom. The zero-order valence-electron chi connectivity index (χ0n) is 7.03. The van der Waals surface area contributed by atoms with E-state index in [4.69, 9.17) is 4.74 Å². The summed E-state index contributed by atoms with van der Waals surface area (Å²) in [5.41, 5.74) is 0. The van der Waals surface area contributed by atoms with Crippen LogP contribution in [0.3, 0.4) is 0 Å². The van der Waals surface area contributed by atoms with Gasteiger partial charge in [0, 0.05) is 12.1 Å². The largest absolute Gasteiger partial charge is 0.414 e. The van der Waals surface area contributed by atoms with Crippen molar-refractivity contribution in [2.75, 3.05) is 0 Å². The lowest BCUT2D eigenvalue weighted by Crippen LogP contribution is -2.41. The molecule has 1 aliphatic carbocycles. The molecule has 2 rings (SSSR count). The highest BCUT2D eigenvalue weighted by atomic mass is 16.6. The van der Waals surface area contributed by atoms with E-state index in [1.807, 2.05) is 0 Å². The van der Waals surface area contributed by atoms with Gasteiger partial charge in [-0.05, 0) is 24.4 Å². The van der Waals surface area contributed by atoms with Crippen LogP contribution in [0.4, 0.5) is 4.79 Å². The summed E-state index contributed by atoms with van der Waals surface area (Å²) in [5, 5.41) is 6.16. The number of ether oxygens (including phenoxy) is 1. The van der Waals surface area contributed by atoms with E-state index in [2.05, 4.69) is 15.0 Å². The first-order valence-corrected chi connectivity index (χ1v) is 4.23. The van der Waals surface area contributed by atoms with Crippen molar-refractivity contribution < 1.29 is 14.1 Å². The quantitative estimate of drug-likeness (QED) is 0.749. The van der Waals surface area contributed by atoms with Gasteiger partial charge in [-0.3, -0.25) is 0 Å². The first-order valence-electron chi connectivity index (χ1n) is 4.23. The monoisotopic (exact) mass is 182 g/mol. The second kappa shape index (κ2) is 3.47.